The van der Waals surface area contributed by atoms with Crippen molar-refractivity contribution in [3.8, 4) is 0 Å². The fourth-order valence-electron chi connectivity index (χ4n) is 1.99. The molecule has 0 aromatic heterocycles. The van der Waals surface area contributed by atoms with Gasteiger partial charge in [-0.25, -0.2) is 0 Å². The lowest BCUT2D eigenvalue weighted by molar-refractivity contribution is 0.0753. The number of hydrogen-bond acceptors (Lipinski definition) is 1. The zero-order chi connectivity index (χ0) is 15.2. The molecule has 2 rings (SSSR count). The number of benzene rings is 2. The van der Waals surface area contributed by atoms with Gasteiger partial charge in [0.1, 0.15) is 0 Å². The van der Waals surface area contributed by atoms with Gasteiger partial charge in [0.25, 0.3) is 5.91 Å². The monoisotopic (exact) mass is 477 g/mol. The molecule has 110 valence electrons. The molecular formula is C16H14BrClINO. The molecule has 0 fully saturated rings. The van der Waals surface area contributed by atoms with Crippen LogP contribution in [0.25, 0.3) is 0 Å². The third-order valence-electron chi connectivity index (χ3n) is 3.02. The fraction of sp³-hybridized carbons (Fsp3) is 0.188. The number of carbonyl (C=O) groups excluding carboxylic acids is 1. The van der Waals surface area contributed by atoms with Crippen LogP contribution >= 0.6 is 50.1 Å². The molecule has 0 aliphatic carbocycles. The highest BCUT2D eigenvalue weighted by atomic mass is 127. The minimum Gasteiger partial charge on any atom is -0.333 e. The highest BCUT2D eigenvalue weighted by molar-refractivity contribution is 14.1. The summed E-state index contributed by atoms with van der Waals surface area (Å²) in [6.45, 7) is 1.24. The predicted octanol–water partition coefficient (Wildman–Crippen LogP) is 4.98. The van der Waals surface area contributed by atoms with E-state index >= 15 is 0 Å². The van der Waals surface area contributed by atoms with E-state index in [0.29, 0.717) is 23.7 Å². The van der Waals surface area contributed by atoms with E-state index < -0.39 is 0 Å². The topological polar surface area (TPSA) is 20.3 Å². The first kappa shape index (κ1) is 16.8. The second-order valence-electron chi connectivity index (χ2n) is 4.53. The van der Waals surface area contributed by atoms with Crippen LogP contribution in [0.5, 0.6) is 0 Å². The van der Waals surface area contributed by atoms with Crippen LogP contribution in [0.1, 0.15) is 15.9 Å². The summed E-state index contributed by atoms with van der Waals surface area (Å²) in [5.41, 5.74) is 1.77. The molecule has 21 heavy (non-hydrogen) atoms. The number of halogens is 3. The number of amides is 1. The molecule has 2 aromatic carbocycles. The van der Waals surface area contributed by atoms with Crippen molar-refractivity contribution < 1.29 is 4.79 Å². The molecule has 2 aromatic rings. The van der Waals surface area contributed by atoms with Gasteiger partial charge < -0.3 is 4.90 Å². The second-order valence-corrected chi connectivity index (χ2v) is 6.92. The maximum absolute atomic E-state index is 12.8. The lowest BCUT2D eigenvalue weighted by Gasteiger charge is -2.22. The first-order valence-corrected chi connectivity index (χ1v) is 9.04. The van der Waals surface area contributed by atoms with Crippen molar-refractivity contribution in [1.82, 2.24) is 4.90 Å². The Hall–Kier alpha value is -0.590. The molecule has 0 saturated carbocycles. The van der Waals surface area contributed by atoms with E-state index in [1.165, 1.54) is 0 Å². The van der Waals surface area contributed by atoms with Crippen LogP contribution in [0.3, 0.4) is 0 Å². The van der Waals surface area contributed by atoms with Gasteiger partial charge in [-0.3, -0.25) is 4.79 Å². The average Bonchev–Trinajstić information content (AvgIpc) is 2.49. The van der Waals surface area contributed by atoms with E-state index in [9.17, 15) is 4.79 Å². The smallest absolute Gasteiger partial charge is 0.255 e. The Kier molecular flexibility index (Phi) is 6.51. The van der Waals surface area contributed by atoms with Crippen molar-refractivity contribution in [2.24, 2.45) is 0 Å². The standard InChI is InChI=1S/C16H14BrClINO/c17-8-9-20(11-12-4-2-1-3-5-12)16(21)14-10-13(18)6-7-15(14)19/h1-7,10H,8-9,11H2. The molecule has 0 radical (unpaired) electrons. The second kappa shape index (κ2) is 8.15. The van der Waals surface area contributed by atoms with Crippen LogP contribution in [0.4, 0.5) is 0 Å². The van der Waals surface area contributed by atoms with E-state index in [-0.39, 0.29) is 5.91 Å². The molecule has 1 amide bonds. The minimum atomic E-state index is 0.00482. The van der Waals surface area contributed by atoms with E-state index in [4.69, 9.17) is 11.6 Å². The maximum Gasteiger partial charge on any atom is 0.255 e. The van der Waals surface area contributed by atoms with Gasteiger partial charge in [-0.15, -0.1) is 0 Å². The summed E-state index contributed by atoms with van der Waals surface area (Å²) in [6.07, 6.45) is 0. The predicted molar refractivity (Wildman–Crippen MR) is 99.1 cm³/mol. The first-order valence-electron chi connectivity index (χ1n) is 6.46. The lowest BCUT2D eigenvalue weighted by atomic mass is 10.1. The van der Waals surface area contributed by atoms with Crippen LogP contribution in [0, 0.1) is 3.57 Å². The highest BCUT2D eigenvalue weighted by Crippen LogP contribution is 2.20. The zero-order valence-electron chi connectivity index (χ0n) is 11.2. The summed E-state index contributed by atoms with van der Waals surface area (Å²) in [4.78, 5) is 14.6. The molecular weight excluding hydrogens is 464 g/mol. The molecule has 0 unspecified atom stereocenters. The Morgan fingerprint density at radius 1 is 1.19 bits per heavy atom. The van der Waals surface area contributed by atoms with Crippen LogP contribution in [-0.4, -0.2) is 22.7 Å². The minimum absolute atomic E-state index is 0.00482. The van der Waals surface area contributed by atoms with Gasteiger partial charge in [-0.1, -0.05) is 57.9 Å². The number of nitrogens with zero attached hydrogens (tertiary/aromatic N) is 1. The average molecular weight is 479 g/mol. The summed E-state index contributed by atoms with van der Waals surface area (Å²) in [6, 6.07) is 15.4. The summed E-state index contributed by atoms with van der Waals surface area (Å²) in [5.74, 6) is 0.00482. The molecule has 0 atom stereocenters. The molecule has 0 aliphatic rings. The summed E-state index contributed by atoms with van der Waals surface area (Å²) in [5, 5.41) is 1.32. The summed E-state index contributed by atoms with van der Waals surface area (Å²) in [7, 11) is 0. The zero-order valence-corrected chi connectivity index (χ0v) is 15.7. The van der Waals surface area contributed by atoms with E-state index in [2.05, 4.69) is 38.5 Å². The summed E-state index contributed by atoms with van der Waals surface area (Å²) < 4.78 is 0.912. The molecule has 0 bridgehead atoms. The quantitative estimate of drug-likeness (QED) is 0.438. The van der Waals surface area contributed by atoms with E-state index in [1.807, 2.05) is 41.3 Å². The number of carbonyl (C=O) groups is 1. The van der Waals surface area contributed by atoms with Crippen molar-refractivity contribution >= 4 is 56.0 Å². The number of hydrogen-bond donors (Lipinski definition) is 0. The van der Waals surface area contributed by atoms with Crippen molar-refractivity contribution in [3.63, 3.8) is 0 Å². The molecule has 0 spiro atoms. The molecule has 0 aliphatic heterocycles. The molecule has 0 heterocycles. The molecule has 0 saturated heterocycles. The van der Waals surface area contributed by atoms with Crippen LogP contribution in [-0.2, 0) is 6.54 Å². The lowest BCUT2D eigenvalue weighted by Crippen LogP contribution is -2.32. The molecule has 2 nitrogen and oxygen atoms in total. The van der Waals surface area contributed by atoms with Gasteiger partial charge >= 0.3 is 0 Å². The largest absolute Gasteiger partial charge is 0.333 e. The molecule has 5 heteroatoms. The summed E-state index contributed by atoms with van der Waals surface area (Å²) >= 11 is 11.6. The van der Waals surface area contributed by atoms with Crippen molar-refractivity contribution in [2.75, 3.05) is 11.9 Å². The van der Waals surface area contributed by atoms with Crippen molar-refractivity contribution in [1.29, 1.82) is 0 Å². The third-order valence-corrected chi connectivity index (χ3v) is 4.55. The Balaban J connectivity index is 2.25. The van der Waals surface area contributed by atoms with Gasteiger partial charge in [-0.2, -0.15) is 0 Å². The highest BCUT2D eigenvalue weighted by Gasteiger charge is 2.18. The number of alkyl halides is 1. The van der Waals surface area contributed by atoms with Gasteiger partial charge in [0, 0.05) is 27.0 Å². The van der Waals surface area contributed by atoms with E-state index in [1.54, 1.807) is 12.1 Å². The first-order chi connectivity index (χ1) is 10.1. The van der Waals surface area contributed by atoms with Gasteiger partial charge in [0.15, 0.2) is 0 Å². The Labute approximate surface area is 151 Å². The van der Waals surface area contributed by atoms with Crippen LogP contribution in [0.15, 0.2) is 48.5 Å². The van der Waals surface area contributed by atoms with Crippen LogP contribution in [0.2, 0.25) is 5.02 Å². The Morgan fingerprint density at radius 3 is 2.57 bits per heavy atom. The van der Waals surface area contributed by atoms with Gasteiger partial charge in [0.05, 0.1) is 5.56 Å². The normalized spacial score (nSPS) is 10.4. The van der Waals surface area contributed by atoms with Gasteiger partial charge in [0.2, 0.25) is 0 Å². The molecule has 0 N–H and O–H groups in total. The van der Waals surface area contributed by atoms with E-state index in [0.717, 1.165) is 14.5 Å². The van der Waals surface area contributed by atoms with Crippen molar-refractivity contribution in [2.45, 2.75) is 6.54 Å². The third kappa shape index (κ3) is 4.69. The van der Waals surface area contributed by atoms with Crippen molar-refractivity contribution in [3.05, 3.63) is 68.3 Å². The Bertz CT molecular complexity index is 621. The fourth-order valence-corrected chi connectivity index (χ4v) is 3.16. The Morgan fingerprint density at radius 2 is 1.90 bits per heavy atom. The van der Waals surface area contributed by atoms with Gasteiger partial charge in [-0.05, 0) is 46.4 Å². The maximum atomic E-state index is 12.8. The number of rotatable bonds is 5. The van der Waals surface area contributed by atoms with Crippen LogP contribution < -0.4 is 0 Å². The SMILES string of the molecule is O=C(c1cc(Cl)ccc1I)N(CCBr)Cc1ccccc1.